The van der Waals surface area contributed by atoms with Crippen molar-refractivity contribution in [3.05, 3.63) is 53.1 Å². The first-order chi connectivity index (χ1) is 12.1. The lowest BCUT2D eigenvalue weighted by Gasteiger charge is -2.29. The lowest BCUT2D eigenvalue weighted by molar-refractivity contribution is -0.114. The Morgan fingerprint density at radius 1 is 1.08 bits per heavy atom. The lowest BCUT2D eigenvalue weighted by atomic mass is 9.98. The van der Waals surface area contributed by atoms with Crippen LogP contribution in [0.25, 0.3) is 0 Å². The molecule has 2 aliphatic heterocycles. The van der Waals surface area contributed by atoms with Crippen molar-refractivity contribution in [2.75, 3.05) is 18.7 Å². The van der Waals surface area contributed by atoms with Gasteiger partial charge < -0.3 is 19.7 Å². The Kier molecular flexibility index (Phi) is 3.80. The molecule has 6 nitrogen and oxygen atoms in total. The number of nitrogens with one attached hydrogen (secondary N) is 1. The molecular formula is C19H18N2O4. The van der Waals surface area contributed by atoms with E-state index < -0.39 is 0 Å². The number of fused-ring (bicyclic) bond motifs is 2. The Hall–Kier alpha value is -3.02. The third-order valence-corrected chi connectivity index (χ3v) is 4.42. The minimum absolute atomic E-state index is 0.0458. The standard InChI is InChI=1S/C19H18N2O4/c1-12(22)20-16-4-2-3-14(7-16)19(23)21-6-5-13-8-17-18(25-11-24-17)9-15(13)10-21/h2-4,7-9H,5-6,10-11H2,1H3,(H,20,22). The summed E-state index contributed by atoms with van der Waals surface area (Å²) in [6, 6.07) is 11.0. The number of carbonyl (C=O) groups excluding carboxylic acids is 2. The summed E-state index contributed by atoms with van der Waals surface area (Å²) >= 11 is 0. The number of nitrogens with zero attached hydrogens (tertiary/aromatic N) is 1. The maximum absolute atomic E-state index is 12.8. The van der Waals surface area contributed by atoms with E-state index in [-0.39, 0.29) is 18.6 Å². The van der Waals surface area contributed by atoms with Gasteiger partial charge in [-0.2, -0.15) is 0 Å². The van der Waals surface area contributed by atoms with E-state index in [0.29, 0.717) is 24.3 Å². The quantitative estimate of drug-likeness (QED) is 0.914. The Morgan fingerprint density at radius 2 is 1.84 bits per heavy atom. The summed E-state index contributed by atoms with van der Waals surface area (Å²) in [5.41, 5.74) is 3.47. The van der Waals surface area contributed by atoms with Gasteiger partial charge in [-0.1, -0.05) is 6.07 Å². The monoisotopic (exact) mass is 338 g/mol. The second kappa shape index (κ2) is 6.12. The molecule has 0 saturated carbocycles. The van der Waals surface area contributed by atoms with Crippen LogP contribution in [-0.2, 0) is 17.8 Å². The van der Waals surface area contributed by atoms with Crippen molar-refractivity contribution in [2.24, 2.45) is 0 Å². The molecule has 0 atom stereocenters. The SMILES string of the molecule is CC(=O)Nc1cccc(C(=O)N2CCc3cc4c(cc3C2)OCO4)c1. The minimum Gasteiger partial charge on any atom is -0.454 e. The summed E-state index contributed by atoms with van der Waals surface area (Å²) in [4.78, 5) is 25.9. The van der Waals surface area contributed by atoms with Crippen LogP contribution in [0.5, 0.6) is 11.5 Å². The second-order valence-corrected chi connectivity index (χ2v) is 6.21. The largest absolute Gasteiger partial charge is 0.454 e. The van der Waals surface area contributed by atoms with Gasteiger partial charge in [0.05, 0.1) is 0 Å². The van der Waals surface area contributed by atoms with Crippen LogP contribution >= 0.6 is 0 Å². The smallest absolute Gasteiger partial charge is 0.254 e. The average Bonchev–Trinajstić information content (AvgIpc) is 3.05. The topological polar surface area (TPSA) is 67.9 Å². The molecule has 0 saturated heterocycles. The molecule has 2 aromatic rings. The first-order valence-corrected chi connectivity index (χ1v) is 8.18. The van der Waals surface area contributed by atoms with Crippen LogP contribution in [0.3, 0.4) is 0 Å². The predicted octanol–water partition coefficient (Wildman–Crippen LogP) is 2.57. The Balaban J connectivity index is 1.55. The molecule has 0 bridgehead atoms. The lowest BCUT2D eigenvalue weighted by Crippen LogP contribution is -2.36. The van der Waals surface area contributed by atoms with E-state index in [1.165, 1.54) is 12.5 Å². The first-order valence-electron chi connectivity index (χ1n) is 8.18. The van der Waals surface area contributed by atoms with Gasteiger partial charge in [0.25, 0.3) is 5.91 Å². The van der Waals surface area contributed by atoms with Crippen LogP contribution in [-0.4, -0.2) is 30.1 Å². The van der Waals surface area contributed by atoms with Gasteiger partial charge in [0.2, 0.25) is 12.7 Å². The number of carbonyl (C=O) groups is 2. The molecule has 128 valence electrons. The molecule has 2 aliphatic rings. The third kappa shape index (κ3) is 3.03. The second-order valence-electron chi connectivity index (χ2n) is 6.21. The Bertz CT molecular complexity index is 862. The average molecular weight is 338 g/mol. The Labute approximate surface area is 145 Å². The van der Waals surface area contributed by atoms with E-state index in [1.54, 1.807) is 24.3 Å². The highest BCUT2D eigenvalue weighted by Crippen LogP contribution is 2.36. The number of benzene rings is 2. The molecule has 2 heterocycles. The van der Waals surface area contributed by atoms with Gasteiger partial charge >= 0.3 is 0 Å². The van der Waals surface area contributed by atoms with Gasteiger partial charge in [0, 0.05) is 31.3 Å². The first kappa shape index (κ1) is 15.5. The van der Waals surface area contributed by atoms with E-state index in [9.17, 15) is 9.59 Å². The number of ether oxygens (including phenoxy) is 2. The summed E-state index contributed by atoms with van der Waals surface area (Å²) in [5.74, 6) is 1.31. The van der Waals surface area contributed by atoms with Crippen molar-refractivity contribution in [1.82, 2.24) is 4.90 Å². The van der Waals surface area contributed by atoms with Crippen molar-refractivity contribution in [3.8, 4) is 11.5 Å². The van der Waals surface area contributed by atoms with Crippen molar-refractivity contribution >= 4 is 17.5 Å². The van der Waals surface area contributed by atoms with Crippen LogP contribution in [0, 0.1) is 0 Å². The van der Waals surface area contributed by atoms with E-state index in [1.807, 2.05) is 17.0 Å². The van der Waals surface area contributed by atoms with E-state index in [0.717, 1.165) is 23.5 Å². The van der Waals surface area contributed by atoms with Crippen LogP contribution < -0.4 is 14.8 Å². The molecule has 1 N–H and O–H groups in total. The summed E-state index contributed by atoms with van der Waals surface area (Å²) in [6.07, 6.45) is 0.781. The number of amides is 2. The van der Waals surface area contributed by atoms with Crippen LogP contribution in [0.4, 0.5) is 5.69 Å². The fraction of sp³-hybridized carbons (Fsp3) is 0.263. The molecule has 0 radical (unpaired) electrons. The zero-order chi connectivity index (χ0) is 17.4. The van der Waals surface area contributed by atoms with Crippen LogP contribution in [0.1, 0.15) is 28.4 Å². The maximum atomic E-state index is 12.8. The molecule has 0 aliphatic carbocycles. The third-order valence-electron chi connectivity index (χ3n) is 4.42. The fourth-order valence-corrected chi connectivity index (χ4v) is 3.24. The molecule has 25 heavy (non-hydrogen) atoms. The summed E-state index contributed by atoms with van der Waals surface area (Å²) in [5, 5.41) is 2.71. The number of rotatable bonds is 2. The van der Waals surface area contributed by atoms with Gasteiger partial charge in [0.1, 0.15) is 0 Å². The summed E-state index contributed by atoms with van der Waals surface area (Å²) in [6.45, 7) is 2.88. The fourth-order valence-electron chi connectivity index (χ4n) is 3.24. The molecule has 2 aromatic carbocycles. The van der Waals surface area contributed by atoms with Crippen LogP contribution in [0.15, 0.2) is 36.4 Å². The maximum Gasteiger partial charge on any atom is 0.254 e. The molecule has 0 unspecified atom stereocenters. The number of anilines is 1. The molecular weight excluding hydrogens is 320 g/mol. The molecule has 6 heteroatoms. The van der Waals surface area contributed by atoms with Crippen molar-refractivity contribution in [1.29, 1.82) is 0 Å². The van der Waals surface area contributed by atoms with Gasteiger partial charge in [-0.05, 0) is 47.9 Å². The van der Waals surface area contributed by atoms with E-state index >= 15 is 0 Å². The molecule has 0 aromatic heterocycles. The highest BCUT2D eigenvalue weighted by Gasteiger charge is 2.25. The highest BCUT2D eigenvalue weighted by molar-refractivity contribution is 5.97. The molecule has 0 fully saturated rings. The van der Waals surface area contributed by atoms with E-state index in [2.05, 4.69) is 5.32 Å². The molecule has 0 spiro atoms. The van der Waals surface area contributed by atoms with Gasteiger partial charge in [-0.3, -0.25) is 9.59 Å². The molecule has 4 rings (SSSR count). The van der Waals surface area contributed by atoms with Crippen LogP contribution in [0.2, 0.25) is 0 Å². The van der Waals surface area contributed by atoms with Gasteiger partial charge in [-0.25, -0.2) is 0 Å². The zero-order valence-electron chi connectivity index (χ0n) is 13.9. The van der Waals surface area contributed by atoms with Crippen molar-refractivity contribution in [2.45, 2.75) is 19.9 Å². The van der Waals surface area contributed by atoms with Gasteiger partial charge in [0.15, 0.2) is 11.5 Å². The normalized spacial score (nSPS) is 14.8. The number of hydrogen-bond acceptors (Lipinski definition) is 4. The van der Waals surface area contributed by atoms with E-state index in [4.69, 9.17) is 9.47 Å². The minimum atomic E-state index is -0.160. The highest BCUT2D eigenvalue weighted by atomic mass is 16.7. The van der Waals surface area contributed by atoms with Crippen molar-refractivity contribution < 1.29 is 19.1 Å². The predicted molar refractivity (Wildman–Crippen MR) is 91.8 cm³/mol. The summed E-state index contributed by atoms with van der Waals surface area (Å²) < 4.78 is 10.8. The number of hydrogen-bond donors (Lipinski definition) is 1. The Morgan fingerprint density at radius 3 is 2.60 bits per heavy atom. The molecule has 2 amide bonds. The van der Waals surface area contributed by atoms with Crippen molar-refractivity contribution in [3.63, 3.8) is 0 Å². The van der Waals surface area contributed by atoms with Gasteiger partial charge in [-0.15, -0.1) is 0 Å². The zero-order valence-corrected chi connectivity index (χ0v) is 13.9. The summed E-state index contributed by atoms with van der Waals surface area (Å²) in [7, 11) is 0.